The van der Waals surface area contributed by atoms with Crippen molar-refractivity contribution in [1.82, 2.24) is 4.98 Å². The van der Waals surface area contributed by atoms with Crippen molar-refractivity contribution in [2.75, 3.05) is 11.1 Å². The molecule has 0 spiro atoms. The Balaban J connectivity index is 1.70. The van der Waals surface area contributed by atoms with Gasteiger partial charge >= 0.3 is 0 Å². The molecular weight excluding hydrogens is 497 g/mol. The Morgan fingerprint density at radius 1 is 0.971 bits per heavy atom. The molecule has 0 saturated heterocycles. The van der Waals surface area contributed by atoms with E-state index in [2.05, 4.69) is 11.4 Å². The minimum atomic E-state index is -0.179. The lowest BCUT2D eigenvalue weighted by Gasteiger charge is -2.14. The first kappa shape index (κ1) is 24.8. The Kier molecular flexibility index (Phi) is 7.77. The number of thioether (sulfide) groups is 1. The van der Waals surface area contributed by atoms with Gasteiger partial charge in [-0.15, -0.1) is 0 Å². The number of carbonyl (C=O) groups excluding carboxylic acids is 1. The molecular formula is C28H21Cl2N3OS. The van der Waals surface area contributed by atoms with Gasteiger partial charge in [0.15, 0.2) is 0 Å². The van der Waals surface area contributed by atoms with E-state index in [-0.39, 0.29) is 11.7 Å². The van der Waals surface area contributed by atoms with Gasteiger partial charge in [-0.25, -0.2) is 4.98 Å². The lowest BCUT2D eigenvalue weighted by Crippen LogP contribution is -2.14. The van der Waals surface area contributed by atoms with E-state index in [1.165, 1.54) is 11.8 Å². The minimum absolute atomic E-state index is 0.0979. The third-order valence-electron chi connectivity index (χ3n) is 5.25. The van der Waals surface area contributed by atoms with Crippen molar-refractivity contribution >= 4 is 46.6 Å². The van der Waals surface area contributed by atoms with Crippen LogP contribution in [0.5, 0.6) is 0 Å². The summed E-state index contributed by atoms with van der Waals surface area (Å²) >= 11 is 13.8. The zero-order valence-corrected chi connectivity index (χ0v) is 21.4. The molecule has 0 atom stereocenters. The van der Waals surface area contributed by atoms with E-state index in [1.807, 2.05) is 68.4 Å². The monoisotopic (exact) mass is 517 g/mol. The second-order valence-electron chi connectivity index (χ2n) is 8.05. The van der Waals surface area contributed by atoms with E-state index in [0.717, 1.165) is 27.9 Å². The molecule has 1 aromatic heterocycles. The maximum absolute atomic E-state index is 12.7. The first-order valence-electron chi connectivity index (χ1n) is 10.8. The van der Waals surface area contributed by atoms with Crippen molar-refractivity contribution in [1.29, 1.82) is 5.26 Å². The smallest absolute Gasteiger partial charge is 0.234 e. The summed E-state index contributed by atoms with van der Waals surface area (Å²) in [7, 11) is 0. The maximum atomic E-state index is 12.7. The Bertz CT molecular complexity index is 1430. The summed E-state index contributed by atoms with van der Waals surface area (Å²) in [5.74, 6) is -0.0809. The first-order chi connectivity index (χ1) is 16.8. The Morgan fingerprint density at radius 3 is 2.31 bits per heavy atom. The summed E-state index contributed by atoms with van der Waals surface area (Å²) in [5, 5.41) is 14.6. The summed E-state index contributed by atoms with van der Waals surface area (Å²) in [6, 6.07) is 24.7. The van der Waals surface area contributed by atoms with E-state index in [0.29, 0.717) is 31.9 Å². The van der Waals surface area contributed by atoms with Crippen LogP contribution in [0.2, 0.25) is 10.0 Å². The number of nitrogens with zero attached hydrogens (tertiary/aromatic N) is 2. The number of benzene rings is 3. The van der Waals surface area contributed by atoms with Gasteiger partial charge in [0.1, 0.15) is 11.1 Å². The fraction of sp³-hybridized carbons (Fsp3) is 0.107. The van der Waals surface area contributed by atoms with E-state index >= 15 is 0 Å². The molecule has 0 bridgehead atoms. The molecule has 0 saturated carbocycles. The Labute approximate surface area is 218 Å². The molecule has 1 N–H and O–H groups in total. The normalized spacial score (nSPS) is 10.6. The molecule has 7 heteroatoms. The first-order valence-corrected chi connectivity index (χ1v) is 12.5. The quantitative estimate of drug-likeness (QED) is 0.263. The van der Waals surface area contributed by atoms with Crippen molar-refractivity contribution in [2.24, 2.45) is 0 Å². The van der Waals surface area contributed by atoms with Crippen molar-refractivity contribution in [3.8, 4) is 28.5 Å². The van der Waals surface area contributed by atoms with Gasteiger partial charge in [0.25, 0.3) is 0 Å². The van der Waals surface area contributed by atoms with E-state index in [4.69, 9.17) is 28.2 Å². The van der Waals surface area contributed by atoms with Gasteiger partial charge in [-0.2, -0.15) is 5.26 Å². The van der Waals surface area contributed by atoms with Crippen molar-refractivity contribution in [2.45, 2.75) is 18.9 Å². The molecule has 0 fully saturated rings. The highest BCUT2D eigenvalue weighted by Crippen LogP contribution is 2.37. The number of hydrogen-bond acceptors (Lipinski definition) is 4. The molecule has 1 amide bonds. The second kappa shape index (κ2) is 11.0. The summed E-state index contributed by atoms with van der Waals surface area (Å²) in [4.78, 5) is 17.5. The Hall–Kier alpha value is -3.30. The number of amides is 1. The van der Waals surface area contributed by atoms with Crippen LogP contribution in [-0.4, -0.2) is 16.6 Å². The number of nitriles is 1. The molecule has 4 aromatic rings. The predicted octanol–water partition coefficient (Wildman–Crippen LogP) is 7.94. The van der Waals surface area contributed by atoms with Crippen molar-refractivity contribution in [3.05, 3.63) is 99.5 Å². The second-order valence-corrected chi connectivity index (χ2v) is 9.85. The number of pyridine rings is 1. The molecule has 0 radical (unpaired) electrons. The van der Waals surface area contributed by atoms with Gasteiger partial charge in [-0.3, -0.25) is 4.79 Å². The van der Waals surface area contributed by atoms with Crippen LogP contribution < -0.4 is 5.32 Å². The summed E-state index contributed by atoms with van der Waals surface area (Å²) in [5.41, 5.74) is 6.15. The number of carbonyl (C=O) groups is 1. The number of hydrogen-bond donors (Lipinski definition) is 1. The zero-order valence-electron chi connectivity index (χ0n) is 19.1. The van der Waals surface area contributed by atoms with Crippen LogP contribution in [0.1, 0.15) is 16.7 Å². The van der Waals surface area contributed by atoms with E-state index in [1.54, 1.807) is 18.2 Å². The average molecular weight is 518 g/mol. The highest BCUT2D eigenvalue weighted by molar-refractivity contribution is 8.00. The molecule has 4 nitrogen and oxygen atoms in total. The number of rotatable bonds is 6. The standard InChI is InChI=1S/C28H21Cl2N3OS/c1-17-11-18(2)13-21(12-17)32-27(34)16-35-28-24(15-31)23(22-5-3-4-6-25(22)30)14-26(33-28)19-7-9-20(29)10-8-19/h3-14H,16H2,1-2H3,(H,32,34). The Morgan fingerprint density at radius 2 is 1.66 bits per heavy atom. The van der Waals surface area contributed by atoms with E-state index < -0.39 is 0 Å². The lowest BCUT2D eigenvalue weighted by molar-refractivity contribution is -0.113. The van der Waals surface area contributed by atoms with Crippen LogP contribution >= 0.6 is 35.0 Å². The predicted molar refractivity (Wildman–Crippen MR) is 145 cm³/mol. The van der Waals surface area contributed by atoms with Crippen LogP contribution in [0, 0.1) is 25.2 Å². The topological polar surface area (TPSA) is 65.8 Å². The summed E-state index contributed by atoms with van der Waals surface area (Å²) in [6.45, 7) is 3.97. The molecule has 1 heterocycles. The number of anilines is 1. The van der Waals surface area contributed by atoms with Gasteiger partial charge < -0.3 is 5.32 Å². The fourth-order valence-electron chi connectivity index (χ4n) is 3.77. The van der Waals surface area contributed by atoms with Gasteiger partial charge in [-0.05, 0) is 61.4 Å². The summed E-state index contributed by atoms with van der Waals surface area (Å²) < 4.78 is 0. The number of nitrogens with one attached hydrogen (secondary N) is 1. The molecule has 0 aliphatic rings. The van der Waals surface area contributed by atoms with Crippen LogP contribution in [0.3, 0.4) is 0 Å². The fourth-order valence-corrected chi connectivity index (χ4v) is 4.94. The molecule has 174 valence electrons. The highest BCUT2D eigenvalue weighted by atomic mass is 35.5. The molecule has 0 aliphatic carbocycles. The molecule has 3 aromatic carbocycles. The van der Waals surface area contributed by atoms with Gasteiger partial charge in [0.2, 0.25) is 5.91 Å². The van der Waals surface area contributed by atoms with Crippen LogP contribution in [0.25, 0.3) is 22.4 Å². The zero-order chi connectivity index (χ0) is 24.9. The van der Waals surface area contributed by atoms with Crippen LogP contribution in [0.15, 0.2) is 77.8 Å². The van der Waals surface area contributed by atoms with Crippen LogP contribution in [0.4, 0.5) is 5.69 Å². The van der Waals surface area contributed by atoms with Gasteiger partial charge in [0.05, 0.1) is 17.0 Å². The molecule has 4 rings (SSSR count). The number of halogens is 2. The third-order valence-corrected chi connectivity index (χ3v) is 6.80. The third kappa shape index (κ3) is 6.04. The summed E-state index contributed by atoms with van der Waals surface area (Å²) in [6.07, 6.45) is 0. The largest absolute Gasteiger partial charge is 0.325 e. The lowest BCUT2D eigenvalue weighted by atomic mass is 9.99. The average Bonchev–Trinajstić information content (AvgIpc) is 2.82. The molecule has 0 aliphatic heterocycles. The van der Waals surface area contributed by atoms with Crippen LogP contribution in [-0.2, 0) is 4.79 Å². The number of aryl methyl sites for hydroxylation is 2. The molecule has 35 heavy (non-hydrogen) atoms. The van der Waals surface area contributed by atoms with Gasteiger partial charge in [-0.1, -0.05) is 71.4 Å². The molecule has 0 unspecified atom stereocenters. The van der Waals surface area contributed by atoms with Crippen molar-refractivity contribution in [3.63, 3.8) is 0 Å². The minimum Gasteiger partial charge on any atom is -0.325 e. The maximum Gasteiger partial charge on any atom is 0.234 e. The van der Waals surface area contributed by atoms with E-state index in [9.17, 15) is 10.1 Å². The van der Waals surface area contributed by atoms with Gasteiger partial charge in [0, 0.05) is 32.4 Å². The highest BCUT2D eigenvalue weighted by Gasteiger charge is 2.18. The number of aromatic nitrogens is 1. The SMILES string of the molecule is Cc1cc(C)cc(NC(=O)CSc2nc(-c3ccc(Cl)cc3)cc(-c3ccccc3Cl)c2C#N)c1. The van der Waals surface area contributed by atoms with Crippen molar-refractivity contribution < 1.29 is 4.79 Å².